The second-order valence-electron chi connectivity index (χ2n) is 9.71. The minimum atomic E-state index is -1.66. The van der Waals surface area contributed by atoms with E-state index in [1.807, 2.05) is 18.4 Å². The number of hydrogen-bond donors (Lipinski definition) is 4. The zero-order valence-corrected chi connectivity index (χ0v) is 23.1. The molecule has 10 nitrogen and oxygen atoms in total. The third kappa shape index (κ3) is 5.65. The van der Waals surface area contributed by atoms with Crippen LogP contribution in [0.15, 0.2) is 34.0 Å². The van der Waals surface area contributed by atoms with E-state index in [1.54, 1.807) is 12.1 Å². The van der Waals surface area contributed by atoms with Gasteiger partial charge in [-0.2, -0.15) is 0 Å². The molecule has 2 aliphatic rings. The molecule has 1 fully saturated rings. The number of benzene rings is 1. The smallest absolute Gasteiger partial charge is 0.229 e. The summed E-state index contributed by atoms with van der Waals surface area (Å²) in [6, 6.07) is 6.92. The van der Waals surface area contributed by atoms with Gasteiger partial charge < -0.3 is 44.2 Å². The monoisotopic (exact) mass is 562 g/mol. The maximum absolute atomic E-state index is 13.1. The van der Waals surface area contributed by atoms with Crippen LogP contribution in [-0.4, -0.2) is 84.0 Å². The molecule has 0 spiro atoms. The molecule has 1 heterocycles. The van der Waals surface area contributed by atoms with Crippen LogP contribution in [0, 0.1) is 0 Å². The largest absolute Gasteiger partial charge is 0.493 e. The predicted molar refractivity (Wildman–Crippen MR) is 144 cm³/mol. The van der Waals surface area contributed by atoms with Crippen molar-refractivity contribution in [3.63, 3.8) is 0 Å². The van der Waals surface area contributed by atoms with Gasteiger partial charge in [0, 0.05) is 12.0 Å². The third-order valence-corrected chi connectivity index (χ3v) is 8.03. The van der Waals surface area contributed by atoms with Crippen LogP contribution >= 0.6 is 11.8 Å². The lowest BCUT2D eigenvalue weighted by Crippen LogP contribution is -2.60. The van der Waals surface area contributed by atoms with Crippen LogP contribution in [0.5, 0.6) is 17.2 Å². The van der Waals surface area contributed by atoms with Gasteiger partial charge in [0.05, 0.1) is 25.7 Å². The summed E-state index contributed by atoms with van der Waals surface area (Å²) in [7, 11) is 2.90. The molecule has 0 saturated carbocycles. The number of ketones is 1. The molecule has 1 aliphatic carbocycles. The van der Waals surface area contributed by atoms with Gasteiger partial charge in [0.2, 0.25) is 12.0 Å². The Morgan fingerprint density at radius 2 is 1.82 bits per heavy atom. The Bertz CT molecular complexity index is 1280. The van der Waals surface area contributed by atoms with Crippen LogP contribution in [0.2, 0.25) is 0 Å². The first-order chi connectivity index (χ1) is 18.6. The van der Waals surface area contributed by atoms with E-state index in [0.29, 0.717) is 40.2 Å². The highest BCUT2D eigenvalue weighted by atomic mass is 32.2. The number of Topliss-reactive ketones (excluding diaryl/α,β-unsaturated/α-hetero) is 1. The first kappa shape index (κ1) is 29.3. The van der Waals surface area contributed by atoms with Gasteiger partial charge in [-0.15, -0.1) is 11.8 Å². The number of carbonyl (C=O) groups excluding carboxylic acids is 1. The number of carbonyl (C=O) groups is 1. The topological polar surface area (TPSA) is 152 Å². The van der Waals surface area contributed by atoms with Gasteiger partial charge in [-0.1, -0.05) is 6.07 Å². The van der Waals surface area contributed by atoms with Crippen molar-refractivity contribution in [3.05, 3.63) is 45.6 Å². The molecule has 4 rings (SSSR count). The van der Waals surface area contributed by atoms with Crippen molar-refractivity contribution >= 4 is 17.5 Å². The van der Waals surface area contributed by atoms with Gasteiger partial charge in [-0.3, -0.25) is 4.79 Å². The van der Waals surface area contributed by atoms with Gasteiger partial charge in [0.25, 0.3) is 0 Å². The Morgan fingerprint density at radius 1 is 1.08 bits per heavy atom. The minimum Gasteiger partial charge on any atom is -0.493 e. The van der Waals surface area contributed by atoms with Gasteiger partial charge in [-0.05, 0) is 66.8 Å². The maximum Gasteiger partial charge on any atom is 0.229 e. The number of fused-ring (bicyclic) bond motifs is 3. The average molecular weight is 563 g/mol. The molecule has 0 amide bonds. The average Bonchev–Trinajstić information content (AvgIpc) is 3.16. The Balaban J connectivity index is 1.99. The summed E-state index contributed by atoms with van der Waals surface area (Å²) >= 11 is 1.32. The fourth-order valence-electron chi connectivity index (χ4n) is 5.30. The lowest BCUT2D eigenvalue weighted by atomic mass is 9.89. The number of aryl methyl sites for hydroxylation is 1. The second-order valence-corrected chi connectivity index (χ2v) is 10.6. The molecule has 1 aliphatic heterocycles. The standard InChI is InChI=1S/C28H34O10S/c1-13(30)9-14-5-6-15-10-19(35-2)26(36-3)27(38-28-25(34)24(33)23(32)20(12-29)37-28)22(15)16-7-8-21(39-4)18(31)11-17(14)16/h7-8,10-11,14,20,23-25,28-29,32-34H,5-6,9,12H2,1-4H3/t14-,20?,23?,24?,25?,28?/m1/s1. The summed E-state index contributed by atoms with van der Waals surface area (Å²) in [5.41, 5.74) is 2.52. The highest BCUT2D eigenvalue weighted by Gasteiger charge is 2.45. The molecule has 0 bridgehead atoms. The number of ether oxygens (including phenoxy) is 4. The summed E-state index contributed by atoms with van der Waals surface area (Å²) < 4.78 is 23.1. The molecule has 0 aromatic heterocycles. The number of thioether (sulfide) groups is 1. The van der Waals surface area contributed by atoms with Gasteiger partial charge in [0.15, 0.2) is 16.9 Å². The third-order valence-electron chi connectivity index (χ3n) is 7.26. The number of aliphatic hydroxyl groups excluding tert-OH is 4. The highest BCUT2D eigenvalue weighted by Crippen LogP contribution is 2.51. The molecule has 11 heteroatoms. The van der Waals surface area contributed by atoms with E-state index in [2.05, 4.69) is 0 Å². The summed E-state index contributed by atoms with van der Waals surface area (Å²) in [6.07, 6.45) is -4.38. The quantitative estimate of drug-likeness (QED) is 0.348. The lowest BCUT2D eigenvalue weighted by Gasteiger charge is -2.40. The molecule has 4 N–H and O–H groups in total. The molecule has 2 aromatic carbocycles. The molecule has 6 atom stereocenters. The van der Waals surface area contributed by atoms with E-state index in [4.69, 9.17) is 18.9 Å². The number of methoxy groups -OCH3 is 2. The van der Waals surface area contributed by atoms with Crippen LogP contribution in [0.1, 0.15) is 36.8 Å². The molecular formula is C28H34O10S. The maximum atomic E-state index is 13.1. The van der Waals surface area contributed by atoms with Crippen LogP contribution in [0.3, 0.4) is 0 Å². The molecule has 2 aromatic rings. The van der Waals surface area contributed by atoms with Crippen LogP contribution in [0.4, 0.5) is 0 Å². The van der Waals surface area contributed by atoms with Crippen molar-refractivity contribution in [1.82, 2.24) is 0 Å². The van der Waals surface area contributed by atoms with E-state index in [1.165, 1.54) is 32.9 Å². The van der Waals surface area contributed by atoms with Gasteiger partial charge in [-0.25, -0.2) is 0 Å². The zero-order valence-electron chi connectivity index (χ0n) is 22.2. The minimum absolute atomic E-state index is 0.00564. The van der Waals surface area contributed by atoms with Crippen molar-refractivity contribution in [2.45, 2.75) is 67.7 Å². The molecule has 0 radical (unpaired) electrons. The Hall–Kier alpha value is -2.67. The van der Waals surface area contributed by atoms with Crippen LogP contribution < -0.4 is 19.6 Å². The Kier molecular flexibility index (Phi) is 9.20. The summed E-state index contributed by atoms with van der Waals surface area (Å²) in [6.45, 7) is 0.902. The molecule has 1 saturated heterocycles. The van der Waals surface area contributed by atoms with E-state index in [0.717, 1.165) is 5.56 Å². The molecular weight excluding hydrogens is 528 g/mol. The zero-order chi connectivity index (χ0) is 28.4. The highest BCUT2D eigenvalue weighted by molar-refractivity contribution is 7.98. The molecule has 212 valence electrons. The number of aliphatic hydroxyl groups is 4. The molecule has 5 unspecified atom stereocenters. The second kappa shape index (κ2) is 12.2. The lowest BCUT2D eigenvalue weighted by molar-refractivity contribution is -0.277. The SMILES string of the molecule is COc1cc2c(c(OC3OC(CO)C(O)C(O)C3O)c1OC)-c1ccc(SC)c(=O)cc1[C@@H](CC(C)=O)CC2. The normalized spacial score (nSPS) is 26.2. The number of rotatable bonds is 8. The van der Waals surface area contributed by atoms with Crippen molar-refractivity contribution < 1.29 is 44.2 Å². The van der Waals surface area contributed by atoms with E-state index < -0.39 is 37.3 Å². The van der Waals surface area contributed by atoms with Gasteiger partial charge >= 0.3 is 0 Å². The van der Waals surface area contributed by atoms with Crippen molar-refractivity contribution in [1.29, 1.82) is 0 Å². The van der Waals surface area contributed by atoms with E-state index >= 15 is 0 Å². The fraction of sp³-hybridized carbons (Fsp3) is 0.500. The fourth-order valence-corrected chi connectivity index (χ4v) is 5.77. The van der Waals surface area contributed by atoms with Gasteiger partial charge in [0.1, 0.15) is 30.2 Å². The summed E-state index contributed by atoms with van der Waals surface area (Å²) in [5.74, 6) is 0.413. The Labute approximate surface area is 230 Å². The van der Waals surface area contributed by atoms with Crippen LogP contribution in [0.25, 0.3) is 11.1 Å². The van der Waals surface area contributed by atoms with E-state index in [-0.39, 0.29) is 35.0 Å². The number of hydrogen-bond acceptors (Lipinski definition) is 11. The van der Waals surface area contributed by atoms with Crippen molar-refractivity contribution in [2.24, 2.45) is 0 Å². The van der Waals surface area contributed by atoms with Crippen molar-refractivity contribution in [2.75, 3.05) is 27.1 Å². The summed E-state index contributed by atoms with van der Waals surface area (Å²) in [4.78, 5) is 25.8. The molecule has 39 heavy (non-hydrogen) atoms. The summed E-state index contributed by atoms with van der Waals surface area (Å²) in [5, 5.41) is 41.0. The Morgan fingerprint density at radius 3 is 2.44 bits per heavy atom. The van der Waals surface area contributed by atoms with Crippen molar-refractivity contribution in [3.8, 4) is 28.4 Å². The van der Waals surface area contributed by atoms with Crippen LogP contribution in [-0.2, 0) is 16.0 Å². The van der Waals surface area contributed by atoms with E-state index in [9.17, 15) is 30.0 Å². The first-order valence-electron chi connectivity index (χ1n) is 12.6. The predicted octanol–water partition coefficient (Wildman–Crippen LogP) is 1.64. The first-order valence-corrected chi connectivity index (χ1v) is 13.8.